The van der Waals surface area contributed by atoms with Crippen LogP contribution in [0.3, 0.4) is 0 Å². The van der Waals surface area contributed by atoms with Crippen molar-refractivity contribution >= 4 is 35.3 Å². The normalized spacial score (nSPS) is 19.8. The monoisotopic (exact) mass is 433 g/mol. The van der Waals surface area contributed by atoms with E-state index in [1.807, 2.05) is 16.3 Å². The molecule has 4 heterocycles. The van der Waals surface area contributed by atoms with Gasteiger partial charge in [0, 0.05) is 18.8 Å². The number of hydrogen-bond donors (Lipinski definition) is 1. The summed E-state index contributed by atoms with van der Waals surface area (Å²) in [5.74, 6) is -0.0305. The Hall–Kier alpha value is -2.16. The van der Waals surface area contributed by atoms with Crippen LogP contribution in [0, 0.1) is 5.41 Å². The third kappa shape index (κ3) is 3.72. The second-order valence-corrected chi connectivity index (χ2v) is 8.63. The Balaban J connectivity index is 0.00000205. The number of thiophene rings is 1. The molecule has 1 aliphatic heterocycles. The van der Waals surface area contributed by atoms with Gasteiger partial charge in [-0.2, -0.15) is 11.3 Å². The fourth-order valence-electron chi connectivity index (χ4n) is 4.47. The fourth-order valence-corrected chi connectivity index (χ4v) is 5.13. The molecule has 0 aromatic carbocycles. The van der Waals surface area contributed by atoms with E-state index in [-0.39, 0.29) is 42.0 Å². The lowest BCUT2D eigenvalue weighted by Crippen LogP contribution is -2.41. The molecule has 3 aromatic heterocycles. The number of carbonyl (C=O) groups excluding carboxylic acids is 1. The van der Waals surface area contributed by atoms with Gasteiger partial charge in [0.1, 0.15) is 6.54 Å². The molecule has 3 aromatic rings. The van der Waals surface area contributed by atoms with E-state index in [1.54, 1.807) is 29.7 Å². The Kier molecular flexibility index (Phi) is 5.50. The quantitative estimate of drug-likeness (QED) is 0.669. The summed E-state index contributed by atoms with van der Waals surface area (Å²) in [5, 5.41) is 11.9. The molecule has 1 unspecified atom stereocenters. The molecule has 2 fully saturated rings. The van der Waals surface area contributed by atoms with Gasteiger partial charge in [0.05, 0.1) is 0 Å². The fraction of sp³-hybridized carbons (Fsp3) is 0.450. The molecule has 154 valence electrons. The maximum Gasteiger partial charge on any atom is 0.350 e. The summed E-state index contributed by atoms with van der Waals surface area (Å²) < 4.78 is 2.76. The molecular formula is C20H24ClN5O2S. The van der Waals surface area contributed by atoms with Crippen molar-refractivity contribution < 1.29 is 4.79 Å². The summed E-state index contributed by atoms with van der Waals surface area (Å²) >= 11 is 1.64. The first-order chi connectivity index (χ1) is 13.7. The van der Waals surface area contributed by atoms with Crippen LogP contribution in [0.25, 0.3) is 5.65 Å². The topological polar surface area (TPSA) is 71.6 Å². The zero-order valence-electron chi connectivity index (χ0n) is 16.0. The molecule has 5 rings (SSSR count). The van der Waals surface area contributed by atoms with Crippen molar-refractivity contribution in [1.29, 1.82) is 0 Å². The van der Waals surface area contributed by atoms with Gasteiger partial charge < -0.3 is 10.2 Å². The van der Waals surface area contributed by atoms with Crippen LogP contribution in [0.4, 0.5) is 0 Å². The summed E-state index contributed by atoms with van der Waals surface area (Å²) in [6.45, 7) is 2.62. The Labute approximate surface area is 178 Å². The first kappa shape index (κ1) is 20.1. The molecule has 1 N–H and O–H groups in total. The highest BCUT2D eigenvalue weighted by Crippen LogP contribution is 2.56. The third-order valence-electron chi connectivity index (χ3n) is 6.15. The molecule has 1 aliphatic carbocycles. The second-order valence-electron chi connectivity index (χ2n) is 7.85. The van der Waals surface area contributed by atoms with Crippen molar-refractivity contribution in [2.75, 3.05) is 13.1 Å². The Morgan fingerprint density at radius 3 is 2.86 bits per heavy atom. The van der Waals surface area contributed by atoms with Gasteiger partial charge in [0.2, 0.25) is 5.91 Å². The average molecular weight is 434 g/mol. The predicted octanol–water partition coefficient (Wildman–Crippen LogP) is 2.15. The summed E-state index contributed by atoms with van der Waals surface area (Å²) in [7, 11) is 0. The molecule has 0 radical (unpaired) electrons. The molecule has 1 amide bonds. The third-order valence-corrected chi connectivity index (χ3v) is 6.88. The standard InChI is InChI=1S/C20H23N5O2S.ClH/c26-18(13-25-19(27)23-9-2-1-3-17(23)22-25)24(12-15-4-10-28-14-15)16-11-20(16)5-7-21-8-6-20;/h1-4,9-10,14,16,21H,5-8,11-13H2;1H. The van der Waals surface area contributed by atoms with E-state index in [0.717, 1.165) is 37.9 Å². The van der Waals surface area contributed by atoms with E-state index in [0.29, 0.717) is 12.2 Å². The average Bonchev–Trinajstić information content (AvgIpc) is 3.06. The van der Waals surface area contributed by atoms with E-state index in [9.17, 15) is 9.59 Å². The minimum absolute atomic E-state index is 0. The molecule has 1 spiro atoms. The minimum atomic E-state index is -0.271. The molecule has 2 aliphatic rings. The van der Waals surface area contributed by atoms with Crippen molar-refractivity contribution in [1.82, 2.24) is 24.4 Å². The van der Waals surface area contributed by atoms with Gasteiger partial charge in [-0.05, 0) is 72.3 Å². The molecule has 9 heteroatoms. The van der Waals surface area contributed by atoms with Gasteiger partial charge in [-0.3, -0.25) is 9.20 Å². The van der Waals surface area contributed by atoms with Crippen molar-refractivity contribution in [2.24, 2.45) is 5.41 Å². The van der Waals surface area contributed by atoms with Crippen molar-refractivity contribution in [3.8, 4) is 0 Å². The van der Waals surface area contributed by atoms with E-state index in [2.05, 4.69) is 21.9 Å². The van der Waals surface area contributed by atoms with Gasteiger partial charge in [-0.15, -0.1) is 17.5 Å². The highest BCUT2D eigenvalue weighted by molar-refractivity contribution is 7.07. The molecule has 1 saturated carbocycles. The number of rotatable bonds is 5. The molecule has 29 heavy (non-hydrogen) atoms. The van der Waals surface area contributed by atoms with Gasteiger partial charge in [-0.25, -0.2) is 9.48 Å². The van der Waals surface area contributed by atoms with Crippen LogP contribution < -0.4 is 11.0 Å². The molecule has 7 nitrogen and oxygen atoms in total. The zero-order valence-corrected chi connectivity index (χ0v) is 17.6. The maximum atomic E-state index is 13.3. The SMILES string of the molecule is Cl.O=C(Cn1nc2ccccn2c1=O)N(Cc1ccsc1)C1CC12CCNCC2. The van der Waals surface area contributed by atoms with Crippen LogP contribution in [0.1, 0.15) is 24.8 Å². The van der Waals surface area contributed by atoms with Crippen LogP contribution >= 0.6 is 23.7 Å². The maximum absolute atomic E-state index is 13.3. The van der Waals surface area contributed by atoms with Crippen molar-refractivity contribution in [3.63, 3.8) is 0 Å². The van der Waals surface area contributed by atoms with Crippen LogP contribution in [0.15, 0.2) is 46.0 Å². The van der Waals surface area contributed by atoms with E-state index in [4.69, 9.17) is 0 Å². The molecule has 1 saturated heterocycles. The number of carbonyl (C=O) groups is 1. The number of hydrogen-bond acceptors (Lipinski definition) is 5. The van der Waals surface area contributed by atoms with Crippen LogP contribution in [-0.4, -0.2) is 44.1 Å². The second kappa shape index (κ2) is 7.93. The number of halogens is 1. The number of amides is 1. The molecule has 1 atom stereocenters. The summed E-state index contributed by atoms with van der Waals surface area (Å²) in [4.78, 5) is 27.8. The van der Waals surface area contributed by atoms with E-state index < -0.39 is 0 Å². The lowest BCUT2D eigenvalue weighted by molar-refractivity contribution is -0.134. The molecule has 0 bridgehead atoms. The van der Waals surface area contributed by atoms with E-state index >= 15 is 0 Å². The Bertz CT molecular complexity index is 1050. The number of piperidine rings is 1. The number of nitrogens with zero attached hydrogens (tertiary/aromatic N) is 4. The highest BCUT2D eigenvalue weighted by Gasteiger charge is 2.57. The molecular weight excluding hydrogens is 410 g/mol. The van der Waals surface area contributed by atoms with Crippen LogP contribution in [0.5, 0.6) is 0 Å². The van der Waals surface area contributed by atoms with Crippen molar-refractivity contribution in [3.05, 3.63) is 57.3 Å². The zero-order chi connectivity index (χ0) is 19.1. The van der Waals surface area contributed by atoms with Gasteiger partial charge >= 0.3 is 5.69 Å². The lowest BCUT2D eigenvalue weighted by Gasteiger charge is -2.29. The largest absolute Gasteiger partial charge is 0.350 e. The number of fused-ring (bicyclic) bond motifs is 1. The predicted molar refractivity (Wildman–Crippen MR) is 115 cm³/mol. The van der Waals surface area contributed by atoms with Gasteiger partial charge in [-0.1, -0.05) is 6.07 Å². The first-order valence-corrected chi connectivity index (χ1v) is 10.7. The Morgan fingerprint density at radius 1 is 1.31 bits per heavy atom. The van der Waals surface area contributed by atoms with Crippen molar-refractivity contribution in [2.45, 2.75) is 38.4 Å². The number of nitrogens with one attached hydrogen (secondary N) is 1. The minimum Gasteiger partial charge on any atom is -0.333 e. The summed E-state index contributed by atoms with van der Waals surface area (Å²) in [5.41, 5.74) is 1.69. The Morgan fingerprint density at radius 2 is 2.14 bits per heavy atom. The van der Waals surface area contributed by atoms with Crippen LogP contribution in [-0.2, 0) is 17.9 Å². The summed E-state index contributed by atoms with van der Waals surface area (Å²) in [6, 6.07) is 7.73. The highest BCUT2D eigenvalue weighted by atomic mass is 35.5. The van der Waals surface area contributed by atoms with Gasteiger partial charge in [0.25, 0.3) is 0 Å². The van der Waals surface area contributed by atoms with E-state index in [1.165, 1.54) is 9.08 Å². The lowest BCUT2D eigenvalue weighted by atomic mass is 9.93. The first-order valence-electron chi connectivity index (χ1n) is 9.72. The van der Waals surface area contributed by atoms with Gasteiger partial charge in [0.15, 0.2) is 5.65 Å². The summed E-state index contributed by atoms with van der Waals surface area (Å²) in [6.07, 6.45) is 4.96. The smallest absolute Gasteiger partial charge is 0.333 e. The van der Waals surface area contributed by atoms with Crippen LogP contribution in [0.2, 0.25) is 0 Å². The number of aromatic nitrogens is 3. The number of pyridine rings is 1.